The lowest BCUT2D eigenvalue weighted by atomic mass is 9.95. The second-order valence-corrected chi connectivity index (χ2v) is 3.70. The summed E-state index contributed by atoms with van der Waals surface area (Å²) in [5.74, 6) is 0. The van der Waals surface area contributed by atoms with Gasteiger partial charge in [0, 0.05) is 5.56 Å². The fourth-order valence-electron chi connectivity index (χ4n) is 1.83. The van der Waals surface area contributed by atoms with Gasteiger partial charge in [0.2, 0.25) is 0 Å². The molecule has 0 aliphatic carbocycles. The van der Waals surface area contributed by atoms with E-state index in [0.717, 1.165) is 18.4 Å². The number of hydrogen-bond donors (Lipinski definition) is 1. The average molecular weight is 182 g/mol. The molecule has 1 fully saturated rings. The third kappa shape index (κ3) is 1.49. The van der Waals surface area contributed by atoms with Crippen LogP contribution in [0.3, 0.4) is 0 Å². The maximum absolute atomic E-state index is 8.95. The molecule has 13 heavy (non-hydrogen) atoms. The van der Waals surface area contributed by atoms with E-state index in [-0.39, 0.29) is 18.3 Å². The zero-order valence-electron chi connectivity index (χ0n) is 7.69. The lowest BCUT2D eigenvalue weighted by molar-refractivity contribution is -0.0521. The number of aliphatic hydroxyl groups excluding tert-OH is 1. The largest absolute Gasteiger partial charge is 0.472 e. The van der Waals surface area contributed by atoms with E-state index in [9.17, 15) is 0 Å². The van der Waals surface area contributed by atoms with Crippen molar-refractivity contribution in [3.63, 3.8) is 0 Å². The fourth-order valence-corrected chi connectivity index (χ4v) is 1.83. The third-order valence-electron chi connectivity index (χ3n) is 2.71. The zero-order chi connectivity index (χ0) is 9.31. The van der Waals surface area contributed by atoms with Gasteiger partial charge in [-0.3, -0.25) is 0 Å². The van der Waals surface area contributed by atoms with Crippen molar-refractivity contribution in [2.75, 3.05) is 6.61 Å². The first kappa shape index (κ1) is 8.78. The fraction of sp³-hybridized carbons (Fsp3) is 0.600. The van der Waals surface area contributed by atoms with Gasteiger partial charge >= 0.3 is 0 Å². The molecular weight excluding hydrogens is 168 g/mol. The topological polar surface area (TPSA) is 42.6 Å². The summed E-state index contributed by atoms with van der Waals surface area (Å²) in [5, 5.41) is 8.95. The molecule has 3 heteroatoms. The Morgan fingerprint density at radius 1 is 1.69 bits per heavy atom. The Balaban J connectivity index is 2.15. The second-order valence-electron chi connectivity index (χ2n) is 3.70. The van der Waals surface area contributed by atoms with Crippen LogP contribution in [0.4, 0.5) is 0 Å². The highest BCUT2D eigenvalue weighted by Crippen LogP contribution is 2.38. The molecule has 2 rings (SSSR count). The van der Waals surface area contributed by atoms with Crippen LogP contribution in [0, 0.1) is 0 Å². The van der Waals surface area contributed by atoms with Crippen LogP contribution in [0.2, 0.25) is 0 Å². The molecule has 1 aliphatic heterocycles. The Morgan fingerprint density at radius 2 is 2.54 bits per heavy atom. The van der Waals surface area contributed by atoms with Crippen molar-refractivity contribution in [1.82, 2.24) is 0 Å². The third-order valence-corrected chi connectivity index (χ3v) is 2.71. The molecule has 2 unspecified atom stereocenters. The van der Waals surface area contributed by atoms with E-state index in [1.54, 1.807) is 12.5 Å². The Bertz CT molecular complexity index is 268. The molecule has 1 saturated heterocycles. The molecule has 1 aromatic rings. The molecule has 2 heterocycles. The molecule has 0 bridgehead atoms. The summed E-state index contributed by atoms with van der Waals surface area (Å²) in [6.07, 6.45) is 5.20. The SMILES string of the molecule is CC1(c2ccoc2)CCC(CO)O1. The molecule has 0 amide bonds. The van der Waals surface area contributed by atoms with Crippen molar-refractivity contribution < 1.29 is 14.3 Å². The smallest absolute Gasteiger partial charge is 0.0963 e. The Labute approximate surface area is 77.3 Å². The number of ether oxygens (including phenoxy) is 1. The van der Waals surface area contributed by atoms with Crippen molar-refractivity contribution in [2.45, 2.75) is 31.5 Å². The summed E-state index contributed by atoms with van der Waals surface area (Å²) in [6.45, 7) is 2.14. The Hall–Kier alpha value is -0.800. The maximum Gasteiger partial charge on any atom is 0.0963 e. The second kappa shape index (κ2) is 3.16. The van der Waals surface area contributed by atoms with Crippen LogP contribution in [0.1, 0.15) is 25.3 Å². The van der Waals surface area contributed by atoms with Crippen molar-refractivity contribution in [3.05, 3.63) is 24.2 Å². The monoisotopic (exact) mass is 182 g/mol. The van der Waals surface area contributed by atoms with Gasteiger partial charge in [-0.2, -0.15) is 0 Å². The molecule has 0 radical (unpaired) electrons. The van der Waals surface area contributed by atoms with Gasteiger partial charge in [0.25, 0.3) is 0 Å². The zero-order valence-corrected chi connectivity index (χ0v) is 7.69. The van der Waals surface area contributed by atoms with Crippen LogP contribution < -0.4 is 0 Å². The minimum atomic E-state index is -0.263. The maximum atomic E-state index is 8.95. The molecule has 1 aliphatic rings. The van der Waals surface area contributed by atoms with Gasteiger partial charge in [-0.1, -0.05) is 0 Å². The van der Waals surface area contributed by atoms with Gasteiger partial charge in [-0.25, -0.2) is 0 Å². The highest BCUT2D eigenvalue weighted by Gasteiger charge is 2.37. The predicted molar refractivity (Wildman–Crippen MR) is 47.3 cm³/mol. The van der Waals surface area contributed by atoms with E-state index in [1.165, 1.54) is 0 Å². The minimum absolute atomic E-state index is 0.0140. The molecule has 0 saturated carbocycles. The first-order valence-electron chi connectivity index (χ1n) is 4.56. The average Bonchev–Trinajstić information content (AvgIpc) is 2.72. The van der Waals surface area contributed by atoms with Crippen LogP contribution in [0.5, 0.6) is 0 Å². The van der Waals surface area contributed by atoms with Gasteiger partial charge in [-0.15, -0.1) is 0 Å². The lowest BCUT2D eigenvalue weighted by Crippen LogP contribution is -2.23. The van der Waals surface area contributed by atoms with Crippen LogP contribution in [-0.2, 0) is 10.3 Å². The number of rotatable bonds is 2. The van der Waals surface area contributed by atoms with Crippen LogP contribution in [0.15, 0.2) is 23.0 Å². The number of hydrogen-bond acceptors (Lipinski definition) is 3. The molecule has 1 aromatic heterocycles. The molecular formula is C10H14O3. The van der Waals surface area contributed by atoms with Gasteiger partial charge in [0.05, 0.1) is 30.8 Å². The summed E-state index contributed by atoms with van der Waals surface area (Å²) in [6, 6.07) is 1.92. The van der Waals surface area contributed by atoms with E-state index in [2.05, 4.69) is 0 Å². The van der Waals surface area contributed by atoms with Crippen molar-refractivity contribution in [3.8, 4) is 0 Å². The normalized spacial score (nSPS) is 33.8. The van der Waals surface area contributed by atoms with E-state index >= 15 is 0 Å². The van der Waals surface area contributed by atoms with Crippen LogP contribution in [-0.4, -0.2) is 17.8 Å². The van der Waals surface area contributed by atoms with E-state index in [4.69, 9.17) is 14.3 Å². The van der Waals surface area contributed by atoms with Crippen molar-refractivity contribution in [2.24, 2.45) is 0 Å². The summed E-state index contributed by atoms with van der Waals surface area (Å²) in [5.41, 5.74) is 0.795. The quantitative estimate of drug-likeness (QED) is 0.756. The van der Waals surface area contributed by atoms with Crippen LogP contribution in [0.25, 0.3) is 0 Å². The summed E-state index contributed by atoms with van der Waals surface area (Å²) < 4.78 is 10.8. The van der Waals surface area contributed by atoms with E-state index in [1.807, 2.05) is 13.0 Å². The first-order valence-corrected chi connectivity index (χ1v) is 4.56. The Kier molecular flexibility index (Phi) is 2.14. The van der Waals surface area contributed by atoms with Gasteiger partial charge < -0.3 is 14.3 Å². The van der Waals surface area contributed by atoms with Gasteiger partial charge in [-0.05, 0) is 25.8 Å². The molecule has 72 valence electrons. The number of aliphatic hydroxyl groups is 1. The molecule has 3 nitrogen and oxygen atoms in total. The number of furan rings is 1. The summed E-state index contributed by atoms with van der Waals surface area (Å²) in [4.78, 5) is 0. The van der Waals surface area contributed by atoms with E-state index < -0.39 is 0 Å². The lowest BCUT2D eigenvalue weighted by Gasteiger charge is -2.22. The summed E-state index contributed by atoms with van der Waals surface area (Å²) >= 11 is 0. The summed E-state index contributed by atoms with van der Waals surface area (Å²) in [7, 11) is 0. The molecule has 0 aromatic carbocycles. The van der Waals surface area contributed by atoms with E-state index in [0.29, 0.717) is 0 Å². The highest BCUT2D eigenvalue weighted by molar-refractivity contribution is 5.17. The highest BCUT2D eigenvalue weighted by atomic mass is 16.5. The predicted octanol–water partition coefficient (Wildman–Crippen LogP) is 1.67. The standard InChI is InChI=1S/C10H14O3/c1-10(8-3-5-12-7-8)4-2-9(6-11)13-10/h3,5,7,9,11H,2,4,6H2,1H3. The van der Waals surface area contributed by atoms with Crippen molar-refractivity contribution in [1.29, 1.82) is 0 Å². The first-order chi connectivity index (χ1) is 6.24. The van der Waals surface area contributed by atoms with Gasteiger partial charge in [0.1, 0.15) is 0 Å². The molecule has 0 spiro atoms. The van der Waals surface area contributed by atoms with Crippen molar-refractivity contribution >= 4 is 0 Å². The molecule has 2 atom stereocenters. The van der Waals surface area contributed by atoms with Crippen LogP contribution >= 0.6 is 0 Å². The molecule has 1 N–H and O–H groups in total. The minimum Gasteiger partial charge on any atom is -0.472 e. The Morgan fingerprint density at radius 3 is 3.08 bits per heavy atom. The van der Waals surface area contributed by atoms with Gasteiger partial charge in [0.15, 0.2) is 0 Å².